The molecule has 4 aromatic heterocycles. The van der Waals surface area contributed by atoms with Gasteiger partial charge in [0.15, 0.2) is 0 Å². The summed E-state index contributed by atoms with van der Waals surface area (Å²) < 4.78 is 42.7. The maximum Gasteiger partial charge on any atom is 0.296 e. The van der Waals surface area contributed by atoms with Crippen LogP contribution in [0.2, 0.25) is 10.0 Å². The maximum atomic E-state index is 14.5. The van der Waals surface area contributed by atoms with E-state index in [0.29, 0.717) is 66.5 Å². The summed E-state index contributed by atoms with van der Waals surface area (Å²) in [5, 5.41) is 7.06. The lowest BCUT2D eigenvalue weighted by Crippen LogP contribution is -2.23. The van der Waals surface area contributed by atoms with Crippen molar-refractivity contribution in [2.75, 3.05) is 24.9 Å². The number of hydrogen-bond acceptors (Lipinski definition) is 8. The van der Waals surface area contributed by atoms with Gasteiger partial charge in [-0.1, -0.05) is 65.2 Å². The number of ether oxygens (including phenoxy) is 2. The quantitative estimate of drug-likeness (QED) is 0.0910. The fourth-order valence-corrected chi connectivity index (χ4v) is 7.77. The van der Waals surface area contributed by atoms with E-state index in [0.717, 1.165) is 16.6 Å². The molecule has 0 unspecified atom stereocenters. The van der Waals surface area contributed by atoms with Crippen LogP contribution in [0.15, 0.2) is 116 Å². The molecule has 2 amide bonds. The number of benzene rings is 4. The second kappa shape index (κ2) is 19.5. The normalized spacial score (nSPS) is 10.9. The van der Waals surface area contributed by atoms with Crippen LogP contribution in [0.1, 0.15) is 48.8 Å². The molecule has 0 saturated carbocycles. The number of amides is 2. The fourth-order valence-electron chi connectivity index (χ4n) is 7.45. The standard InChI is InChI=1S/C25H21ClFN3O3.C24H19ClFN3O3/c1-14-4-7-21-19(10-14)23(15(2)30(21)13-16-5-6-17(26)11-20(16)27)24(31)25(32)29-18-8-9-28-22(12-18)33-3;1-14-22(23(30)24(31)28-17-9-10-27-21(12-17)32-2)18-5-3-4-6-20(18)29(14)13-15-7-8-16(25)11-19(15)26/h4-12H,13H2,1-3H3,(H,28,29,32);3-12H,13H2,1-2H3,(H,27,28,31). The van der Waals surface area contributed by atoms with Crippen LogP contribution < -0.4 is 20.1 Å². The highest BCUT2D eigenvalue weighted by atomic mass is 35.5. The Balaban J connectivity index is 0.000000194. The molecule has 0 bridgehead atoms. The van der Waals surface area contributed by atoms with Crippen molar-refractivity contribution in [3.8, 4) is 11.8 Å². The number of halogens is 4. The lowest BCUT2D eigenvalue weighted by Gasteiger charge is -2.10. The molecule has 0 aliphatic carbocycles. The minimum atomic E-state index is -0.790. The van der Waals surface area contributed by atoms with E-state index in [1.165, 1.54) is 50.9 Å². The van der Waals surface area contributed by atoms with Crippen LogP contribution in [0, 0.1) is 32.4 Å². The Morgan fingerprint density at radius 3 is 1.52 bits per heavy atom. The zero-order valence-corrected chi connectivity index (χ0v) is 37.1. The maximum absolute atomic E-state index is 14.5. The van der Waals surface area contributed by atoms with Gasteiger partial charge in [-0.15, -0.1) is 0 Å². The molecule has 0 spiro atoms. The number of Topliss-reactive ketones (excluding diaryl/α,β-unsaturated/α-hetero) is 2. The monoisotopic (exact) mass is 916 g/mol. The summed E-state index contributed by atoms with van der Waals surface area (Å²) in [5.74, 6) is -3.20. The summed E-state index contributed by atoms with van der Waals surface area (Å²) in [6, 6.07) is 28.0. The summed E-state index contributed by atoms with van der Waals surface area (Å²) in [4.78, 5) is 60.0. The molecule has 2 N–H and O–H groups in total. The van der Waals surface area contributed by atoms with Gasteiger partial charge < -0.3 is 29.2 Å². The van der Waals surface area contributed by atoms with E-state index in [2.05, 4.69) is 20.6 Å². The highest BCUT2D eigenvalue weighted by Crippen LogP contribution is 2.31. The molecule has 16 heteroatoms. The predicted octanol–water partition coefficient (Wildman–Crippen LogP) is 10.3. The molecule has 0 radical (unpaired) electrons. The number of pyridine rings is 2. The van der Waals surface area contributed by atoms with E-state index in [-0.39, 0.29) is 24.2 Å². The summed E-state index contributed by atoms with van der Waals surface area (Å²) in [6.45, 7) is 5.77. The Morgan fingerprint density at radius 1 is 0.585 bits per heavy atom. The number of carbonyl (C=O) groups excluding carboxylic acids is 4. The number of anilines is 2. The van der Waals surface area contributed by atoms with E-state index in [4.69, 9.17) is 32.7 Å². The average molecular weight is 918 g/mol. The second-order valence-corrected chi connectivity index (χ2v) is 15.7. The van der Waals surface area contributed by atoms with Gasteiger partial charge in [-0.3, -0.25) is 19.2 Å². The lowest BCUT2D eigenvalue weighted by atomic mass is 10.0. The third-order valence-corrected chi connectivity index (χ3v) is 11.1. The molecule has 4 heterocycles. The molecule has 8 aromatic rings. The van der Waals surface area contributed by atoms with E-state index in [9.17, 15) is 28.0 Å². The third kappa shape index (κ3) is 9.89. The average Bonchev–Trinajstić information content (AvgIpc) is 3.72. The highest BCUT2D eigenvalue weighted by molar-refractivity contribution is 6.49. The minimum absolute atomic E-state index is 0.185. The smallest absolute Gasteiger partial charge is 0.296 e. The first kappa shape index (κ1) is 45.6. The Kier molecular flexibility index (Phi) is 13.7. The molecule has 0 atom stereocenters. The van der Waals surface area contributed by atoms with E-state index < -0.39 is 35.0 Å². The van der Waals surface area contributed by atoms with Crippen molar-refractivity contribution in [3.63, 3.8) is 0 Å². The number of aromatic nitrogens is 4. The topological polar surface area (TPSA) is 146 Å². The second-order valence-electron chi connectivity index (χ2n) is 14.8. The molecule has 4 aromatic carbocycles. The van der Waals surface area contributed by atoms with Gasteiger partial charge in [0, 0.05) is 90.3 Å². The number of fused-ring (bicyclic) bond motifs is 2. The van der Waals surface area contributed by atoms with Crippen LogP contribution in [0.5, 0.6) is 11.8 Å². The Labute approximate surface area is 381 Å². The van der Waals surface area contributed by atoms with Crippen LogP contribution in [0.3, 0.4) is 0 Å². The summed E-state index contributed by atoms with van der Waals surface area (Å²) in [6.07, 6.45) is 2.94. The summed E-state index contributed by atoms with van der Waals surface area (Å²) in [7, 11) is 2.92. The SMILES string of the molecule is COc1cc(NC(=O)C(=O)c2c(C)n(Cc3ccc(Cl)cc3F)c3ccc(C)cc23)ccn1.COc1cc(NC(=O)C(=O)c2c(C)n(Cc3ccc(Cl)cc3F)c3ccccc23)ccn1. The van der Waals surface area contributed by atoms with Crippen LogP contribution in [-0.2, 0) is 22.7 Å². The number of aryl methyl sites for hydroxylation is 1. The fraction of sp³-hybridized carbons (Fsp3) is 0.143. The van der Waals surface area contributed by atoms with Crippen molar-refractivity contribution in [3.05, 3.63) is 176 Å². The number of rotatable bonds is 12. The molecule has 0 aliphatic heterocycles. The number of hydrogen-bond donors (Lipinski definition) is 2. The summed E-state index contributed by atoms with van der Waals surface area (Å²) >= 11 is 11.7. The Morgan fingerprint density at radius 2 is 1.05 bits per heavy atom. The first-order valence-corrected chi connectivity index (χ1v) is 20.7. The first-order valence-electron chi connectivity index (χ1n) is 19.9. The van der Waals surface area contributed by atoms with Crippen molar-refractivity contribution >= 4 is 79.8 Å². The van der Waals surface area contributed by atoms with Crippen molar-refractivity contribution in [2.45, 2.75) is 33.9 Å². The lowest BCUT2D eigenvalue weighted by molar-refractivity contribution is -0.113. The van der Waals surface area contributed by atoms with Gasteiger partial charge in [-0.05, 0) is 75.4 Å². The Hall–Kier alpha value is -7.42. The number of carbonyl (C=O) groups is 4. The largest absolute Gasteiger partial charge is 0.481 e. The van der Waals surface area contributed by atoms with E-state index in [1.807, 2.05) is 46.4 Å². The van der Waals surface area contributed by atoms with Gasteiger partial charge in [0.1, 0.15) is 11.6 Å². The van der Waals surface area contributed by atoms with Crippen molar-refractivity contribution in [2.24, 2.45) is 0 Å². The van der Waals surface area contributed by atoms with Crippen molar-refractivity contribution in [1.82, 2.24) is 19.1 Å². The molecule has 330 valence electrons. The number of ketones is 2. The summed E-state index contributed by atoms with van der Waals surface area (Å²) in [5.41, 5.74) is 5.69. The number of methoxy groups -OCH3 is 2. The van der Waals surface area contributed by atoms with Gasteiger partial charge in [0.05, 0.1) is 38.4 Å². The van der Waals surface area contributed by atoms with Gasteiger partial charge in [0.2, 0.25) is 11.8 Å². The van der Waals surface area contributed by atoms with E-state index in [1.54, 1.807) is 62.4 Å². The van der Waals surface area contributed by atoms with Crippen molar-refractivity contribution < 1.29 is 37.4 Å². The van der Waals surface area contributed by atoms with E-state index >= 15 is 0 Å². The predicted molar refractivity (Wildman–Crippen MR) is 247 cm³/mol. The van der Waals surface area contributed by atoms with Crippen LogP contribution >= 0.6 is 23.2 Å². The van der Waals surface area contributed by atoms with Gasteiger partial charge in [-0.25, -0.2) is 18.7 Å². The molecular weight excluding hydrogens is 877 g/mol. The highest BCUT2D eigenvalue weighted by Gasteiger charge is 2.27. The van der Waals surface area contributed by atoms with Gasteiger partial charge in [0.25, 0.3) is 23.4 Å². The molecule has 8 rings (SSSR count). The minimum Gasteiger partial charge on any atom is -0.481 e. The first-order chi connectivity index (χ1) is 31.2. The molecule has 65 heavy (non-hydrogen) atoms. The molecule has 0 fully saturated rings. The molecular formula is C49H40Cl2F2N6O6. The molecule has 0 saturated heterocycles. The van der Waals surface area contributed by atoms with Crippen LogP contribution in [-0.4, -0.2) is 56.7 Å². The van der Waals surface area contributed by atoms with Gasteiger partial charge in [-0.2, -0.15) is 0 Å². The number of para-hydroxylation sites is 1. The molecule has 12 nitrogen and oxygen atoms in total. The number of nitrogens with one attached hydrogen (secondary N) is 2. The van der Waals surface area contributed by atoms with Crippen LogP contribution in [0.25, 0.3) is 21.8 Å². The third-order valence-electron chi connectivity index (χ3n) is 10.7. The molecule has 0 aliphatic rings. The van der Waals surface area contributed by atoms with Crippen LogP contribution in [0.4, 0.5) is 20.2 Å². The number of nitrogens with zero attached hydrogens (tertiary/aromatic N) is 4. The zero-order chi connectivity index (χ0) is 46.5. The zero-order valence-electron chi connectivity index (χ0n) is 35.6. The van der Waals surface area contributed by atoms with Crippen molar-refractivity contribution in [1.29, 1.82) is 0 Å². The Bertz CT molecular complexity index is 3170. The van der Waals surface area contributed by atoms with Gasteiger partial charge >= 0.3 is 0 Å².